The largest absolute Gasteiger partial charge is 0.381 e. The molecule has 0 bridgehead atoms. The number of fused-ring (bicyclic) bond motifs is 1. The van der Waals surface area contributed by atoms with Crippen LogP contribution in [0.2, 0.25) is 0 Å². The van der Waals surface area contributed by atoms with Gasteiger partial charge in [-0.3, -0.25) is 14.4 Å². The molecule has 7 nitrogen and oxygen atoms in total. The Kier molecular flexibility index (Phi) is 5.35. The summed E-state index contributed by atoms with van der Waals surface area (Å²) < 4.78 is 0. The topological polar surface area (TPSA) is 90.5 Å². The highest BCUT2D eigenvalue weighted by Gasteiger charge is 2.35. The molecule has 0 aromatic heterocycles. The van der Waals surface area contributed by atoms with Crippen molar-refractivity contribution in [1.29, 1.82) is 0 Å². The SMILES string of the molecule is CN1C(=O)[C@H](NC(=O)C(C)(C)NC(=O)c2ccccc2)CNc2ccccc21. The average Bonchev–Trinajstić information content (AvgIpc) is 2.80. The Bertz CT molecular complexity index is 896. The molecular weight excluding hydrogens is 356 g/mol. The molecule has 0 saturated heterocycles. The third kappa shape index (κ3) is 3.98. The maximum absolute atomic E-state index is 12.8. The Morgan fingerprint density at radius 2 is 1.71 bits per heavy atom. The molecule has 7 heteroatoms. The molecule has 0 unspecified atom stereocenters. The van der Waals surface area contributed by atoms with E-state index in [0.29, 0.717) is 5.56 Å². The summed E-state index contributed by atoms with van der Waals surface area (Å²) in [5.41, 5.74) is 0.851. The maximum atomic E-state index is 12.8. The normalized spacial score (nSPS) is 16.5. The predicted molar refractivity (Wildman–Crippen MR) is 108 cm³/mol. The predicted octanol–water partition coefficient (Wildman–Crippen LogP) is 1.77. The van der Waals surface area contributed by atoms with Crippen LogP contribution in [0.3, 0.4) is 0 Å². The summed E-state index contributed by atoms with van der Waals surface area (Å²) in [5.74, 6) is -1.01. The van der Waals surface area contributed by atoms with Gasteiger partial charge in [0, 0.05) is 19.2 Å². The number of hydrogen-bond acceptors (Lipinski definition) is 4. The molecule has 1 aliphatic rings. The molecule has 2 aromatic carbocycles. The molecule has 0 radical (unpaired) electrons. The summed E-state index contributed by atoms with van der Waals surface area (Å²) in [6.07, 6.45) is 0. The number of likely N-dealkylation sites (N-methyl/N-ethyl adjacent to an activating group) is 1. The second kappa shape index (κ2) is 7.72. The van der Waals surface area contributed by atoms with Gasteiger partial charge in [-0.25, -0.2) is 0 Å². The number of anilines is 2. The van der Waals surface area contributed by atoms with Gasteiger partial charge in [0.1, 0.15) is 11.6 Å². The van der Waals surface area contributed by atoms with Gasteiger partial charge in [0.15, 0.2) is 0 Å². The Hall–Kier alpha value is -3.35. The number of nitrogens with zero attached hydrogens (tertiary/aromatic N) is 1. The fourth-order valence-corrected chi connectivity index (χ4v) is 3.02. The van der Waals surface area contributed by atoms with Crippen LogP contribution < -0.4 is 20.9 Å². The van der Waals surface area contributed by atoms with Crippen molar-refractivity contribution in [1.82, 2.24) is 10.6 Å². The van der Waals surface area contributed by atoms with Crippen LogP contribution in [0.25, 0.3) is 0 Å². The van der Waals surface area contributed by atoms with Gasteiger partial charge in [0.25, 0.3) is 11.8 Å². The minimum absolute atomic E-state index is 0.226. The summed E-state index contributed by atoms with van der Waals surface area (Å²) >= 11 is 0. The number of rotatable bonds is 4. The number of hydrogen-bond donors (Lipinski definition) is 3. The molecule has 146 valence electrons. The highest BCUT2D eigenvalue weighted by Crippen LogP contribution is 2.27. The van der Waals surface area contributed by atoms with Gasteiger partial charge in [-0.15, -0.1) is 0 Å². The van der Waals surface area contributed by atoms with Crippen LogP contribution in [0.4, 0.5) is 11.4 Å². The van der Waals surface area contributed by atoms with Crippen LogP contribution in [0, 0.1) is 0 Å². The molecule has 28 heavy (non-hydrogen) atoms. The lowest BCUT2D eigenvalue weighted by Gasteiger charge is -2.28. The van der Waals surface area contributed by atoms with E-state index in [1.54, 1.807) is 45.2 Å². The molecule has 0 spiro atoms. The number of carbonyl (C=O) groups excluding carboxylic acids is 3. The van der Waals surface area contributed by atoms with Crippen LogP contribution in [0.15, 0.2) is 54.6 Å². The lowest BCUT2D eigenvalue weighted by molar-refractivity contribution is -0.130. The van der Waals surface area contributed by atoms with E-state index in [9.17, 15) is 14.4 Å². The van der Waals surface area contributed by atoms with E-state index in [1.807, 2.05) is 30.3 Å². The van der Waals surface area contributed by atoms with Gasteiger partial charge >= 0.3 is 0 Å². The van der Waals surface area contributed by atoms with Crippen molar-refractivity contribution >= 4 is 29.1 Å². The highest BCUT2D eigenvalue weighted by atomic mass is 16.2. The van der Waals surface area contributed by atoms with Crippen molar-refractivity contribution in [3.8, 4) is 0 Å². The Morgan fingerprint density at radius 1 is 1.07 bits per heavy atom. The lowest BCUT2D eigenvalue weighted by Crippen LogP contribution is -2.60. The van der Waals surface area contributed by atoms with E-state index in [2.05, 4.69) is 16.0 Å². The molecular formula is C21H24N4O3. The van der Waals surface area contributed by atoms with E-state index in [1.165, 1.54) is 4.90 Å². The van der Waals surface area contributed by atoms with Crippen LogP contribution in [-0.4, -0.2) is 42.9 Å². The van der Waals surface area contributed by atoms with Gasteiger partial charge in [-0.2, -0.15) is 0 Å². The molecule has 0 fully saturated rings. The quantitative estimate of drug-likeness (QED) is 0.754. The number of carbonyl (C=O) groups is 3. The van der Waals surface area contributed by atoms with Gasteiger partial charge in [-0.05, 0) is 38.1 Å². The minimum atomic E-state index is -1.19. The van der Waals surface area contributed by atoms with Gasteiger partial charge in [0.05, 0.1) is 11.4 Å². The first-order valence-corrected chi connectivity index (χ1v) is 9.08. The summed E-state index contributed by atoms with van der Waals surface area (Å²) in [6, 6.07) is 15.4. The van der Waals surface area contributed by atoms with Crippen molar-refractivity contribution in [3.63, 3.8) is 0 Å². The van der Waals surface area contributed by atoms with Gasteiger partial charge < -0.3 is 20.9 Å². The van der Waals surface area contributed by atoms with Gasteiger partial charge in [0.2, 0.25) is 5.91 Å². The summed E-state index contributed by atoms with van der Waals surface area (Å²) in [5, 5.41) is 8.68. The standard InChI is InChI=1S/C21H24N4O3/c1-21(2,24-18(26)14-9-5-4-6-10-14)20(28)23-16-13-22-15-11-7-8-12-17(15)25(3)19(16)27/h4-12,16,22H,13H2,1-3H3,(H,23,28)(H,24,26)/t16-/m1/s1. The summed E-state index contributed by atoms with van der Waals surface area (Å²) in [6.45, 7) is 3.47. The molecule has 1 atom stereocenters. The van der Waals surface area contributed by atoms with Crippen LogP contribution >= 0.6 is 0 Å². The molecule has 3 N–H and O–H groups in total. The Labute approximate surface area is 164 Å². The van der Waals surface area contributed by atoms with Crippen molar-refractivity contribution < 1.29 is 14.4 Å². The van der Waals surface area contributed by atoms with Crippen molar-refractivity contribution in [2.75, 3.05) is 23.8 Å². The third-order valence-corrected chi connectivity index (χ3v) is 4.73. The molecule has 3 amide bonds. The Morgan fingerprint density at radius 3 is 2.43 bits per heavy atom. The summed E-state index contributed by atoms with van der Waals surface area (Å²) in [4.78, 5) is 39.5. The highest BCUT2D eigenvalue weighted by molar-refractivity contribution is 6.04. The van der Waals surface area contributed by atoms with Crippen LogP contribution in [-0.2, 0) is 9.59 Å². The first kappa shape index (κ1) is 19.4. The fraction of sp³-hybridized carbons (Fsp3) is 0.286. The van der Waals surface area contributed by atoms with E-state index in [-0.39, 0.29) is 18.4 Å². The van der Waals surface area contributed by atoms with Crippen LogP contribution in [0.1, 0.15) is 24.2 Å². The monoisotopic (exact) mass is 380 g/mol. The molecule has 1 heterocycles. The smallest absolute Gasteiger partial charge is 0.252 e. The first-order chi connectivity index (χ1) is 13.3. The molecule has 0 aliphatic carbocycles. The maximum Gasteiger partial charge on any atom is 0.252 e. The first-order valence-electron chi connectivity index (χ1n) is 9.08. The van der Waals surface area contributed by atoms with E-state index >= 15 is 0 Å². The minimum Gasteiger partial charge on any atom is -0.381 e. The van der Waals surface area contributed by atoms with Crippen molar-refractivity contribution in [2.24, 2.45) is 0 Å². The zero-order valence-electron chi connectivity index (χ0n) is 16.2. The number of para-hydroxylation sites is 2. The van der Waals surface area contributed by atoms with Gasteiger partial charge in [-0.1, -0.05) is 30.3 Å². The number of amides is 3. The van der Waals surface area contributed by atoms with E-state index in [4.69, 9.17) is 0 Å². The molecule has 3 rings (SSSR count). The lowest BCUT2D eigenvalue weighted by atomic mass is 10.0. The zero-order valence-corrected chi connectivity index (χ0v) is 16.2. The second-order valence-electron chi connectivity index (χ2n) is 7.27. The van der Waals surface area contributed by atoms with E-state index in [0.717, 1.165) is 11.4 Å². The number of nitrogens with one attached hydrogen (secondary N) is 3. The zero-order chi connectivity index (χ0) is 20.3. The summed E-state index contributed by atoms with van der Waals surface area (Å²) in [7, 11) is 1.68. The Balaban J connectivity index is 1.69. The van der Waals surface area contributed by atoms with Crippen molar-refractivity contribution in [3.05, 3.63) is 60.2 Å². The third-order valence-electron chi connectivity index (χ3n) is 4.73. The average molecular weight is 380 g/mol. The van der Waals surface area contributed by atoms with Crippen molar-refractivity contribution in [2.45, 2.75) is 25.4 Å². The molecule has 2 aromatic rings. The molecule has 1 aliphatic heterocycles. The second-order valence-corrected chi connectivity index (χ2v) is 7.27. The fourth-order valence-electron chi connectivity index (χ4n) is 3.02. The number of benzene rings is 2. The van der Waals surface area contributed by atoms with Crippen LogP contribution in [0.5, 0.6) is 0 Å². The van der Waals surface area contributed by atoms with E-state index < -0.39 is 17.5 Å². The molecule has 0 saturated carbocycles.